The molecule has 1 aromatic carbocycles. The molecule has 1 aliphatic rings. The van der Waals surface area contributed by atoms with Crippen LogP contribution in [0, 0.1) is 0 Å². The highest BCUT2D eigenvalue weighted by molar-refractivity contribution is 5.67. The van der Waals surface area contributed by atoms with Crippen molar-refractivity contribution in [2.45, 2.75) is 12.1 Å². The quantitative estimate of drug-likeness (QED) is 0.800. The number of methoxy groups -OCH3 is 1. The van der Waals surface area contributed by atoms with Gasteiger partial charge in [-0.2, -0.15) is 0 Å². The zero-order chi connectivity index (χ0) is 11.5. The molecule has 1 aromatic rings. The Kier molecular flexibility index (Phi) is 2.92. The molecule has 4 nitrogen and oxygen atoms in total. The van der Waals surface area contributed by atoms with E-state index in [1.54, 1.807) is 7.11 Å². The standard InChI is InChI=1S/C12H13NO3/c1-16-10-7-6-8-4-2-3-5-9(8)11(10)13-12(14)15/h2-7,10-11,13H,1H3,(H,14,15)/t10-,11+/m0/s1. The average molecular weight is 219 g/mol. The van der Waals surface area contributed by atoms with Crippen LogP contribution in [0.15, 0.2) is 30.3 Å². The van der Waals surface area contributed by atoms with E-state index < -0.39 is 6.09 Å². The van der Waals surface area contributed by atoms with Crippen LogP contribution in [-0.2, 0) is 4.74 Å². The average Bonchev–Trinajstić information content (AvgIpc) is 2.29. The molecule has 2 N–H and O–H groups in total. The van der Waals surface area contributed by atoms with Gasteiger partial charge in [-0.15, -0.1) is 0 Å². The number of carbonyl (C=O) groups is 1. The molecule has 0 saturated heterocycles. The van der Waals surface area contributed by atoms with Gasteiger partial charge >= 0.3 is 6.09 Å². The van der Waals surface area contributed by atoms with Gasteiger partial charge in [0.15, 0.2) is 0 Å². The van der Waals surface area contributed by atoms with Gasteiger partial charge in [-0.1, -0.05) is 36.4 Å². The number of carboxylic acid groups (broad SMARTS) is 1. The lowest BCUT2D eigenvalue weighted by Gasteiger charge is -2.28. The van der Waals surface area contributed by atoms with Crippen LogP contribution < -0.4 is 5.32 Å². The molecule has 0 spiro atoms. The zero-order valence-corrected chi connectivity index (χ0v) is 8.88. The first-order valence-corrected chi connectivity index (χ1v) is 5.02. The Morgan fingerprint density at radius 2 is 2.19 bits per heavy atom. The summed E-state index contributed by atoms with van der Waals surface area (Å²) in [5.74, 6) is 0. The molecule has 0 aromatic heterocycles. The largest absolute Gasteiger partial charge is 0.465 e. The number of hydrogen-bond donors (Lipinski definition) is 2. The van der Waals surface area contributed by atoms with Gasteiger partial charge in [-0.05, 0) is 11.1 Å². The van der Waals surface area contributed by atoms with Gasteiger partial charge < -0.3 is 15.2 Å². The second-order valence-electron chi connectivity index (χ2n) is 3.62. The van der Waals surface area contributed by atoms with Crippen LogP contribution in [0.5, 0.6) is 0 Å². The van der Waals surface area contributed by atoms with Crippen molar-refractivity contribution in [1.82, 2.24) is 5.32 Å². The van der Waals surface area contributed by atoms with Gasteiger partial charge in [0.25, 0.3) is 0 Å². The van der Waals surface area contributed by atoms with E-state index in [9.17, 15) is 4.79 Å². The molecule has 0 unspecified atom stereocenters. The summed E-state index contributed by atoms with van der Waals surface area (Å²) in [6.45, 7) is 0. The van der Waals surface area contributed by atoms with Gasteiger partial charge in [-0.25, -0.2) is 4.79 Å². The fourth-order valence-electron chi connectivity index (χ4n) is 1.94. The summed E-state index contributed by atoms with van der Waals surface area (Å²) in [4.78, 5) is 10.7. The normalized spacial score (nSPS) is 22.6. The monoisotopic (exact) mass is 219 g/mol. The predicted molar refractivity (Wildman–Crippen MR) is 60.2 cm³/mol. The van der Waals surface area contributed by atoms with Crippen LogP contribution in [0.1, 0.15) is 17.2 Å². The Balaban J connectivity index is 2.37. The van der Waals surface area contributed by atoms with Crippen LogP contribution in [0.2, 0.25) is 0 Å². The van der Waals surface area contributed by atoms with Crippen LogP contribution in [0.3, 0.4) is 0 Å². The Morgan fingerprint density at radius 1 is 1.44 bits per heavy atom. The molecule has 1 amide bonds. The highest BCUT2D eigenvalue weighted by Gasteiger charge is 2.27. The molecular formula is C12H13NO3. The Labute approximate surface area is 93.5 Å². The molecule has 16 heavy (non-hydrogen) atoms. The van der Waals surface area contributed by atoms with E-state index in [1.165, 1.54) is 0 Å². The SMILES string of the molecule is CO[C@H]1C=Cc2ccccc2[C@H]1NC(=O)O. The fourth-order valence-corrected chi connectivity index (χ4v) is 1.94. The predicted octanol–water partition coefficient (Wildman–Crippen LogP) is 2.04. The van der Waals surface area contributed by atoms with Crippen molar-refractivity contribution in [3.63, 3.8) is 0 Å². The highest BCUT2D eigenvalue weighted by atomic mass is 16.5. The van der Waals surface area contributed by atoms with E-state index in [0.29, 0.717) is 0 Å². The smallest absolute Gasteiger partial charge is 0.405 e. The Morgan fingerprint density at radius 3 is 2.88 bits per heavy atom. The minimum Gasteiger partial charge on any atom is -0.465 e. The van der Waals surface area contributed by atoms with Crippen LogP contribution in [0.4, 0.5) is 4.79 Å². The number of nitrogens with one attached hydrogen (secondary N) is 1. The highest BCUT2D eigenvalue weighted by Crippen LogP contribution is 2.29. The number of benzene rings is 1. The number of hydrogen-bond acceptors (Lipinski definition) is 2. The first-order chi connectivity index (χ1) is 7.72. The van der Waals surface area contributed by atoms with Crippen molar-refractivity contribution in [2.24, 2.45) is 0 Å². The van der Waals surface area contributed by atoms with Gasteiger partial charge in [0.1, 0.15) is 6.10 Å². The van der Waals surface area contributed by atoms with Crippen molar-refractivity contribution >= 4 is 12.2 Å². The fraction of sp³-hybridized carbons (Fsp3) is 0.250. The van der Waals surface area contributed by atoms with E-state index in [-0.39, 0.29) is 12.1 Å². The van der Waals surface area contributed by atoms with Gasteiger partial charge in [0.2, 0.25) is 0 Å². The second-order valence-corrected chi connectivity index (χ2v) is 3.62. The maximum atomic E-state index is 10.7. The lowest BCUT2D eigenvalue weighted by atomic mass is 9.91. The topological polar surface area (TPSA) is 58.6 Å². The molecule has 2 rings (SSSR count). The summed E-state index contributed by atoms with van der Waals surface area (Å²) in [5.41, 5.74) is 1.97. The molecule has 84 valence electrons. The Bertz CT molecular complexity index is 428. The summed E-state index contributed by atoms with van der Waals surface area (Å²) < 4.78 is 5.25. The third-order valence-electron chi connectivity index (χ3n) is 2.68. The van der Waals surface area contributed by atoms with Crippen molar-refractivity contribution in [3.8, 4) is 0 Å². The van der Waals surface area contributed by atoms with Crippen LogP contribution >= 0.6 is 0 Å². The number of ether oxygens (including phenoxy) is 1. The molecule has 0 saturated carbocycles. The summed E-state index contributed by atoms with van der Waals surface area (Å²) in [6, 6.07) is 7.33. The molecule has 1 aliphatic carbocycles. The molecule has 0 heterocycles. The molecule has 0 aliphatic heterocycles. The second kappa shape index (κ2) is 4.37. The van der Waals surface area contributed by atoms with E-state index in [0.717, 1.165) is 11.1 Å². The Hall–Kier alpha value is -1.81. The number of rotatable bonds is 2. The first kappa shape index (κ1) is 10.7. The van der Waals surface area contributed by atoms with E-state index in [2.05, 4.69) is 5.32 Å². The van der Waals surface area contributed by atoms with Crippen molar-refractivity contribution in [2.75, 3.05) is 7.11 Å². The molecular weight excluding hydrogens is 206 g/mol. The van der Waals surface area contributed by atoms with Crippen LogP contribution in [0.25, 0.3) is 6.08 Å². The number of amides is 1. The zero-order valence-electron chi connectivity index (χ0n) is 8.88. The minimum absolute atomic E-state index is 0.258. The summed E-state index contributed by atoms with van der Waals surface area (Å²) in [7, 11) is 1.57. The third-order valence-corrected chi connectivity index (χ3v) is 2.68. The minimum atomic E-state index is -1.04. The lowest BCUT2D eigenvalue weighted by Crippen LogP contribution is -2.37. The van der Waals surface area contributed by atoms with E-state index in [1.807, 2.05) is 36.4 Å². The van der Waals surface area contributed by atoms with Gasteiger partial charge in [0.05, 0.1) is 6.04 Å². The van der Waals surface area contributed by atoms with Gasteiger partial charge in [-0.3, -0.25) is 0 Å². The van der Waals surface area contributed by atoms with Crippen molar-refractivity contribution < 1.29 is 14.6 Å². The molecule has 0 fully saturated rings. The summed E-state index contributed by atoms with van der Waals surface area (Å²) in [5, 5.41) is 11.3. The van der Waals surface area contributed by atoms with Crippen molar-refractivity contribution in [1.29, 1.82) is 0 Å². The summed E-state index contributed by atoms with van der Waals surface area (Å²) >= 11 is 0. The van der Waals surface area contributed by atoms with Gasteiger partial charge in [0, 0.05) is 7.11 Å². The molecule has 4 heteroatoms. The summed E-state index contributed by atoms with van der Waals surface area (Å²) in [6.07, 6.45) is 2.51. The maximum Gasteiger partial charge on any atom is 0.405 e. The van der Waals surface area contributed by atoms with E-state index >= 15 is 0 Å². The third kappa shape index (κ3) is 1.92. The first-order valence-electron chi connectivity index (χ1n) is 5.02. The van der Waals surface area contributed by atoms with E-state index in [4.69, 9.17) is 9.84 Å². The van der Waals surface area contributed by atoms with Crippen molar-refractivity contribution in [3.05, 3.63) is 41.5 Å². The number of fused-ring (bicyclic) bond motifs is 1. The molecule has 0 radical (unpaired) electrons. The molecule has 0 bridgehead atoms. The maximum absolute atomic E-state index is 10.7. The molecule has 2 atom stereocenters. The lowest BCUT2D eigenvalue weighted by molar-refractivity contribution is 0.101. The van der Waals surface area contributed by atoms with Crippen LogP contribution in [-0.4, -0.2) is 24.4 Å².